The van der Waals surface area contributed by atoms with Crippen molar-refractivity contribution in [3.63, 3.8) is 0 Å². The van der Waals surface area contributed by atoms with Gasteiger partial charge in [0, 0.05) is 18.7 Å². The van der Waals surface area contributed by atoms with Gasteiger partial charge in [-0.2, -0.15) is 0 Å². The van der Waals surface area contributed by atoms with E-state index in [0.29, 0.717) is 23.8 Å². The van der Waals surface area contributed by atoms with Gasteiger partial charge in [0.2, 0.25) is 0 Å². The van der Waals surface area contributed by atoms with Gasteiger partial charge in [0.15, 0.2) is 5.78 Å². The minimum Gasteiger partial charge on any atom is -0.491 e. The lowest BCUT2D eigenvalue weighted by molar-refractivity contribution is 0.0732. The van der Waals surface area contributed by atoms with Crippen molar-refractivity contribution in [3.8, 4) is 5.75 Å². The number of ketones is 1. The van der Waals surface area contributed by atoms with E-state index in [1.165, 1.54) is 6.92 Å². The van der Waals surface area contributed by atoms with Crippen LogP contribution in [0.15, 0.2) is 24.3 Å². The smallest absolute Gasteiger partial charge is 0.159 e. The summed E-state index contributed by atoms with van der Waals surface area (Å²) in [7, 11) is 1.99. The van der Waals surface area contributed by atoms with E-state index in [4.69, 9.17) is 4.74 Å². The van der Waals surface area contributed by atoms with Crippen LogP contribution in [0.4, 0.5) is 0 Å². The molecule has 0 aliphatic heterocycles. The molecule has 0 aliphatic rings. The fourth-order valence-electron chi connectivity index (χ4n) is 2.11. The second kappa shape index (κ2) is 8.02. The van der Waals surface area contributed by atoms with Gasteiger partial charge in [-0.05, 0) is 32.0 Å². The van der Waals surface area contributed by atoms with E-state index in [1.54, 1.807) is 24.3 Å². The van der Waals surface area contributed by atoms with Crippen molar-refractivity contribution in [1.29, 1.82) is 0 Å². The number of Topliss-reactive ketones (excluding diaryl/α,β-unsaturated/α-hetero) is 1. The minimum atomic E-state index is -0.542. The summed E-state index contributed by atoms with van der Waals surface area (Å²) in [5, 5.41) is 9.94. The number of aliphatic hydroxyl groups excluding tert-OH is 1. The van der Waals surface area contributed by atoms with Crippen LogP contribution >= 0.6 is 0 Å². The maximum atomic E-state index is 11.3. The van der Waals surface area contributed by atoms with Crippen LogP contribution in [-0.4, -0.2) is 48.6 Å². The highest BCUT2D eigenvalue weighted by molar-refractivity contribution is 5.94. The van der Waals surface area contributed by atoms with Gasteiger partial charge >= 0.3 is 0 Å². The highest BCUT2D eigenvalue weighted by Crippen LogP contribution is 2.14. The quantitative estimate of drug-likeness (QED) is 0.741. The second-order valence-corrected chi connectivity index (χ2v) is 5.66. The molecule has 1 aromatic carbocycles. The molecule has 1 unspecified atom stereocenters. The summed E-state index contributed by atoms with van der Waals surface area (Å²) in [6, 6.07) is 7.02. The summed E-state index contributed by atoms with van der Waals surface area (Å²) < 4.78 is 5.54. The topological polar surface area (TPSA) is 49.8 Å². The maximum absolute atomic E-state index is 11.3. The third-order valence-corrected chi connectivity index (χ3v) is 2.88. The van der Waals surface area contributed by atoms with Crippen LogP contribution in [0.2, 0.25) is 0 Å². The third-order valence-electron chi connectivity index (χ3n) is 2.88. The molecule has 1 aromatic rings. The molecule has 0 heterocycles. The molecule has 1 rings (SSSR count). The zero-order valence-corrected chi connectivity index (χ0v) is 12.8. The van der Waals surface area contributed by atoms with Gasteiger partial charge in [0.1, 0.15) is 18.5 Å². The van der Waals surface area contributed by atoms with Gasteiger partial charge in [0.25, 0.3) is 0 Å². The Balaban J connectivity index is 2.42. The normalized spacial score (nSPS) is 12.8. The molecule has 112 valence electrons. The van der Waals surface area contributed by atoms with E-state index in [9.17, 15) is 9.90 Å². The molecule has 0 aromatic heterocycles. The predicted octanol–water partition coefficient (Wildman–Crippen LogP) is 2.22. The van der Waals surface area contributed by atoms with Crippen LogP contribution in [0.3, 0.4) is 0 Å². The van der Waals surface area contributed by atoms with Gasteiger partial charge in [-0.25, -0.2) is 0 Å². The van der Waals surface area contributed by atoms with Crippen LogP contribution in [0.25, 0.3) is 0 Å². The fourth-order valence-corrected chi connectivity index (χ4v) is 2.11. The predicted molar refractivity (Wildman–Crippen MR) is 80.3 cm³/mol. The highest BCUT2D eigenvalue weighted by Gasteiger charge is 2.10. The molecule has 20 heavy (non-hydrogen) atoms. The lowest BCUT2D eigenvalue weighted by atomic mass is 10.1. The summed E-state index contributed by atoms with van der Waals surface area (Å²) in [6.07, 6.45) is -0.542. The Bertz CT molecular complexity index is 431. The average molecular weight is 279 g/mol. The second-order valence-electron chi connectivity index (χ2n) is 5.66. The van der Waals surface area contributed by atoms with Crippen molar-refractivity contribution in [2.75, 3.05) is 26.7 Å². The van der Waals surface area contributed by atoms with Crippen LogP contribution in [0, 0.1) is 5.92 Å². The molecule has 0 spiro atoms. The molecule has 1 N–H and O–H groups in total. The van der Waals surface area contributed by atoms with Crippen LogP contribution in [0.5, 0.6) is 5.75 Å². The summed E-state index contributed by atoms with van der Waals surface area (Å²) in [5.74, 6) is 1.19. The Kier molecular flexibility index (Phi) is 6.68. The first-order valence-corrected chi connectivity index (χ1v) is 6.99. The summed E-state index contributed by atoms with van der Waals surface area (Å²) >= 11 is 0. The van der Waals surface area contributed by atoms with Gasteiger partial charge in [-0.3, -0.25) is 4.79 Å². The lowest BCUT2D eigenvalue weighted by Crippen LogP contribution is -2.35. The van der Waals surface area contributed by atoms with Crippen molar-refractivity contribution in [2.45, 2.75) is 26.9 Å². The lowest BCUT2D eigenvalue weighted by Gasteiger charge is -2.22. The molecule has 0 saturated carbocycles. The van der Waals surface area contributed by atoms with E-state index in [-0.39, 0.29) is 12.4 Å². The SMILES string of the molecule is CC(=O)c1cccc(OCC(O)CN(C)CC(C)C)c1. The molecule has 0 radical (unpaired) electrons. The Labute approximate surface area is 121 Å². The van der Waals surface area contributed by atoms with E-state index >= 15 is 0 Å². The highest BCUT2D eigenvalue weighted by atomic mass is 16.5. The maximum Gasteiger partial charge on any atom is 0.159 e. The van der Waals surface area contributed by atoms with Crippen molar-refractivity contribution in [3.05, 3.63) is 29.8 Å². The van der Waals surface area contributed by atoms with Crippen molar-refractivity contribution < 1.29 is 14.6 Å². The molecule has 0 amide bonds. The molecular formula is C16H25NO3. The van der Waals surface area contributed by atoms with Crippen LogP contribution in [-0.2, 0) is 0 Å². The third kappa shape index (κ3) is 6.17. The Morgan fingerprint density at radius 1 is 1.35 bits per heavy atom. The number of hydrogen-bond acceptors (Lipinski definition) is 4. The van der Waals surface area contributed by atoms with Gasteiger partial charge in [-0.1, -0.05) is 26.0 Å². The number of carbonyl (C=O) groups is 1. The first-order valence-electron chi connectivity index (χ1n) is 6.99. The van der Waals surface area contributed by atoms with Crippen molar-refractivity contribution in [2.24, 2.45) is 5.92 Å². The number of aliphatic hydroxyl groups is 1. The number of ether oxygens (including phenoxy) is 1. The summed E-state index contributed by atoms with van der Waals surface area (Å²) in [5.41, 5.74) is 0.619. The Morgan fingerprint density at radius 3 is 2.65 bits per heavy atom. The molecule has 4 nitrogen and oxygen atoms in total. The summed E-state index contributed by atoms with van der Waals surface area (Å²) in [4.78, 5) is 13.4. The Morgan fingerprint density at radius 2 is 2.05 bits per heavy atom. The van der Waals surface area contributed by atoms with Crippen molar-refractivity contribution in [1.82, 2.24) is 4.90 Å². The van der Waals surface area contributed by atoms with E-state index < -0.39 is 6.10 Å². The fraction of sp³-hybridized carbons (Fsp3) is 0.562. The van der Waals surface area contributed by atoms with Crippen LogP contribution in [0.1, 0.15) is 31.1 Å². The molecule has 0 fully saturated rings. The average Bonchev–Trinajstić information content (AvgIpc) is 2.35. The number of benzene rings is 1. The number of likely N-dealkylation sites (N-methyl/N-ethyl adjacent to an activating group) is 1. The number of hydrogen-bond donors (Lipinski definition) is 1. The van der Waals surface area contributed by atoms with Crippen molar-refractivity contribution >= 4 is 5.78 Å². The van der Waals surface area contributed by atoms with Gasteiger partial charge in [-0.15, -0.1) is 0 Å². The molecular weight excluding hydrogens is 254 g/mol. The van der Waals surface area contributed by atoms with E-state index in [1.807, 2.05) is 7.05 Å². The number of carbonyl (C=O) groups excluding carboxylic acids is 1. The minimum absolute atomic E-state index is 0.00710. The zero-order chi connectivity index (χ0) is 15.1. The molecule has 0 aliphatic carbocycles. The zero-order valence-electron chi connectivity index (χ0n) is 12.8. The first kappa shape index (κ1) is 16.7. The monoisotopic (exact) mass is 279 g/mol. The summed E-state index contributed by atoms with van der Waals surface area (Å²) in [6.45, 7) is 7.55. The number of rotatable bonds is 8. The molecule has 1 atom stereocenters. The van der Waals surface area contributed by atoms with E-state index in [0.717, 1.165) is 6.54 Å². The first-order chi connectivity index (χ1) is 9.38. The Hall–Kier alpha value is -1.39. The molecule has 0 saturated heterocycles. The van der Waals surface area contributed by atoms with Gasteiger partial charge < -0.3 is 14.7 Å². The van der Waals surface area contributed by atoms with Crippen LogP contribution < -0.4 is 4.74 Å². The molecule has 0 bridgehead atoms. The largest absolute Gasteiger partial charge is 0.491 e. The molecule has 4 heteroatoms. The van der Waals surface area contributed by atoms with E-state index in [2.05, 4.69) is 18.7 Å². The van der Waals surface area contributed by atoms with Gasteiger partial charge in [0.05, 0.1) is 0 Å². The standard InChI is InChI=1S/C16H25NO3/c1-12(2)9-17(4)10-15(19)11-20-16-7-5-6-14(8-16)13(3)18/h5-8,12,15,19H,9-11H2,1-4H3. The number of nitrogens with zero attached hydrogens (tertiary/aromatic N) is 1.